The Balaban J connectivity index is 1.42. The standard InChI is InChI=1S/C19H22N2O3/c1-13-3-5-16(9-14(13)2)20-8-7-19(22)21-11-15-4-6-17-18(10-15)24-12-23-17/h3-6,9-10,20H,7-8,11-12H2,1-2H3,(H,21,22). The Labute approximate surface area is 142 Å². The third kappa shape index (κ3) is 3.98. The highest BCUT2D eigenvalue weighted by molar-refractivity contribution is 5.76. The van der Waals surface area contributed by atoms with Crippen LogP contribution in [0.15, 0.2) is 36.4 Å². The minimum Gasteiger partial charge on any atom is -0.454 e. The van der Waals surface area contributed by atoms with Crippen LogP contribution in [-0.4, -0.2) is 19.2 Å². The first-order valence-corrected chi connectivity index (χ1v) is 8.08. The van der Waals surface area contributed by atoms with Crippen molar-refractivity contribution in [2.75, 3.05) is 18.7 Å². The lowest BCUT2D eigenvalue weighted by Crippen LogP contribution is -2.24. The number of anilines is 1. The van der Waals surface area contributed by atoms with E-state index in [0.717, 1.165) is 22.7 Å². The van der Waals surface area contributed by atoms with Crippen LogP contribution in [0, 0.1) is 13.8 Å². The van der Waals surface area contributed by atoms with E-state index in [0.29, 0.717) is 19.5 Å². The number of carbonyl (C=O) groups is 1. The molecular weight excluding hydrogens is 304 g/mol. The number of hydrogen-bond acceptors (Lipinski definition) is 4. The number of ether oxygens (including phenoxy) is 2. The van der Waals surface area contributed by atoms with Crippen LogP contribution in [0.5, 0.6) is 11.5 Å². The number of rotatable bonds is 6. The van der Waals surface area contributed by atoms with Gasteiger partial charge in [-0.15, -0.1) is 0 Å². The molecular formula is C19H22N2O3. The van der Waals surface area contributed by atoms with Crippen LogP contribution in [0.25, 0.3) is 0 Å². The fourth-order valence-corrected chi connectivity index (χ4v) is 2.51. The van der Waals surface area contributed by atoms with Gasteiger partial charge in [0.2, 0.25) is 12.7 Å². The fourth-order valence-electron chi connectivity index (χ4n) is 2.51. The van der Waals surface area contributed by atoms with Gasteiger partial charge in [-0.05, 0) is 54.8 Å². The summed E-state index contributed by atoms with van der Waals surface area (Å²) in [5, 5.41) is 6.20. The van der Waals surface area contributed by atoms with Gasteiger partial charge in [0.05, 0.1) is 0 Å². The maximum atomic E-state index is 12.0. The molecule has 0 unspecified atom stereocenters. The normalized spacial score (nSPS) is 12.1. The van der Waals surface area contributed by atoms with Gasteiger partial charge in [-0.1, -0.05) is 12.1 Å². The third-order valence-electron chi connectivity index (χ3n) is 4.11. The number of fused-ring (bicyclic) bond motifs is 1. The van der Waals surface area contributed by atoms with Gasteiger partial charge in [0.25, 0.3) is 0 Å². The van der Waals surface area contributed by atoms with E-state index in [-0.39, 0.29) is 12.7 Å². The largest absolute Gasteiger partial charge is 0.454 e. The summed E-state index contributed by atoms with van der Waals surface area (Å²) < 4.78 is 10.6. The van der Waals surface area contributed by atoms with Crippen molar-refractivity contribution in [3.05, 3.63) is 53.1 Å². The van der Waals surface area contributed by atoms with Gasteiger partial charge in [0.15, 0.2) is 11.5 Å². The van der Waals surface area contributed by atoms with Crippen LogP contribution in [0.3, 0.4) is 0 Å². The van der Waals surface area contributed by atoms with Crippen LogP contribution < -0.4 is 20.1 Å². The quantitative estimate of drug-likeness (QED) is 0.856. The number of aryl methyl sites for hydroxylation is 2. The molecule has 0 bridgehead atoms. The number of hydrogen-bond donors (Lipinski definition) is 2. The van der Waals surface area contributed by atoms with Crippen LogP contribution in [0.4, 0.5) is 5.69 Å². The average Bonchev–Trinajstić information content (AvgIpc) is 3.04. The van der Waals surface area contributed by atoms with E-state index in [9.17, 15) is 4.79 Å². The molecule has 5 heteroatoms. The van der Waals surface area contributed by atoms with E-state index >= 15 is 0 Å². The van der Waals surface area contributed by atoms with Crippen molar-refractivity contribution in [1.29, 1.82) is 0 Å². The highest BCUT2D eigenvalue weighted by atomic mass is 16.7. The smallest absolute Gasteiger partial charge is 0.231 e. The summed E-state index contributed by atoms with van der Waals surface area (Å²) in [7, 11) is 0. The molecule has 1 aliphatic rings. The zero-order valence-electron chi connectivity index (χ0n) is 14.0. The van der Waals surface area contributed by atoms with Gasteiger partial charge >= 0.3 is 0 Å². The molecule has 2 aromatic rings. The highest BCUT2D eigenvalue weighted by Gasteiger charge is 2.13. The summed E-state index contributed by atoms with van der Waals surface area (Å²) in [4.78, 5) is 12.0. The fraction of sp³-hybridized carbons (Fsp3) is 0.316. The highest BCUT2D eigenvalue weighted by Crippen LogP contribution is 2.32. The Morgan fingerprint density at radius 1 is 1.04 bits per heavy atom. The summed E-state index contributed by atoms with van der Waals surface area (Å²) in [6, 6.07) is 11.9. The molecule has 0 fully saturated rings. The van der Waals surface area contributed by atoms with Crippen molar-refractivity contribution in [3.8, 4) is 11.5 Å². The predicted molar refractivity (Wildman–Crippen MR) is 93.4 cm³/mol. The Kier molecular flexibility index (Phi) is 4.89. The second-order valence-corrected chi connectivity index (χ2v) is 5.94. The average molecular weight is 326 g/mol. The molecule has 0 radical (unpaired) electrons. The molecule has 1 heterocycles. The van der Waals surface area contributed by atoms with E-state index in [1.807, 2.05) is 24.3 Å². The predicted octanol–water partition coefficient (Wildman–Crippen LogP) is 3.15. The van der Waals surface area contributed by atoms with Crippen LogP contribution in [-0.2, 0) is 11.3 Å². The van der Waals surface area contributed by atoms with Gasteiger partial charge in [-0.25, -0.2) is 0 Å². The second kappa shape index (κ2) is 7.25. The summed E-state index contributed by atoms with van der Waals surface area (Å²) in [5.41, 5.74) is 4.55. The molecule has 0 spiro atoms. The Bertz CT molecular complexity index is 743. The summed E-state index contributed by atoms with van der Waals surface area (Å²) in [6.07, 6.45) is 0.428. The van der Waals surface area contributed by atoms with Gasteiger partial charge in [-0.2, -0.15) is 0 Å². The third-order valence-corrected chi connectivity index (χ3v) is 4.11. The molecule has 0 aliphatic carbocycles. The van der Waals surface area contributed by atoms with Crippen molar-refractivity contribution in [2.24, 2.45) is 0 Å². The summed E-state index contributed by atoms with van der Waals surface area (Å²) in [5.74, 6) is 1.50. The first kappa shape index (κ1) is 16.2. The van der Waals surface area contributed by atoms with Gasteiger partial charge in [0, 0.05) is 25.2 Å². The van der Waals surface area contributed by atoms with E-state index in [2.05, 4.69) is 36.6 Å². The molecule has 5 nitrogen and oxygen atoms in total. The van der Waals surface area contributed by atoms with Crippen molar-refractivity contribution in [3.63, 3.8) is 0 Å². The van der Waals surface area contributed by atoms with Crippen molar-refractivity contribution < 1.29 is 14.3 Å². The minimum atomic E-state index is 0.0176. The van der Waals surface area contributed by atoms with Crippen molar-refractivity contribution in [1.82, 2.24) is 5.32 Å². The molecule has 2 N–H and O–H groups in total. The Morgan fingerprint density at radius 2 is 1.88 bits per heavy atom. The second-order valence-electron chi connectivity index (χ2n) is 5.94. The van der Waals surface area contributed by atoms with Gasteiger partial charge < -0.3 is 20.1 Å². The molecule has 0 saturated carbocycles. The molecule has 0 atom stereocenters. The molecule has 2 aromatic carbocycles. The maximum absolute atomic E-state index is 12.0. The Hall–Kier alpha value is -2.69. The zero-order valence-corrected chi connectivity index (χ0v) is 14.0. The molecule has 24 heavy (non-hydrogen) atoms. The first-order chi connectivity index (χ1) is 11.6. The van der Waals surface area contributed by atoms with Crippen LogP contribution in [0.2, 0.25) is 0 Å². The van der Waals surface area contributed by atoms with Gasteiger partial charge in [-0.3, -0.25) is 4.79 Å². The molecule has 0 aromatic heterocycles. The first-order valence-electron chi connectivity index (χ1n) is 8.08. The van der Waals surface area contributed by atoms with Crippen molar-refractivity contribution in [2.45, 2.75) is 26.8 Å². The molecule has 3 rings (SSSR count). The van der Waals surface area contributed by atoms with Crippen LogP contribution in [0.1, 0.15) is 23.1 Å². The minimum absolute atomic E-state index is 0.0176. The van der Waals surface area contributed by atoms with Crippen LogP contribution >= 0.6 is 0 Å². The molecule has 1 amide bonds. The molecule has 126 valence electrons. The number of nitrogens with one attached hydrogen (secondary N) is 2. The van der Waals surface area contributed by atoms with E-state index < -0.39 is 0 Å². The van der Waals surface area contributed by atoms with E-state index in [1.54, 1.807) is 0 Å². The van der Waals surface area contributed by atoms with Crippen molar-refractivity contribution >= 4 is 11.6 Å². The maximum Gasteiger partial charge on any atom is 0.231 e. The summed E-state index contributed by atoms with van der Waals surface area (Å²) >= 11 is 0. The van der Waals surface area contributed by atoms with Gasteiger partial charge in [0.1, 0.15) is 0 Å². The monoisotopic (exact) mass is 326 g/mol. The molecule has 0 saturated heterocycles. The number of carbonyl (C=O) groups excluding carboxylic acids is 1. The SMILES string of the molecule is Cc1ccc(NCCC(=O)NCc2ccc3c(c2)OCO3)cc1C. The Morgan fingerprint density at radius 3 is 2.71 bits per heavy atom. The molecule has 1 aliphatic heterocycles. The lowest BCUT2D eigenvalue weighted by atomic mass is 10.1. The lowest BCUT2D eigenvalue weighted by Gasteiger charge is -2.09. The van der Waals surface area contributed by atoms with E-state index in [4.69, 9.17) is 9.47 Å². The number of benzene rings is 2. The summed E-state index contributed by atoms with van der Waals surface area (Å²) in [6.45, 7) is 5.52. The van der Waals surface area contributed by atoms with E-state index in [1.165, 1.54) is 11.1 Å². The number of amides is 1. The lowest BCUT2D eigenvalue weighted by molar-refractivity contribution is -0.121. The zero-order chi connectivity index (χ0) is 16.9. The topological polar surface area (TPSA) is 59.6 Å².